The van der Waals surface area contributed by atoms with Gasteiger partial charge in [0.15, 0.2) is 0 Å². The Bertz CT molecular complexity index is 394. The van der Waals surface area contributed by atoms with Gasteiger partial charge >= 0.3 is 0 Å². The van der Waals surface area contributed by atoms with E-state index in [1.54, 1.807) is 4.31 Å². The van der Waals surface area contributed by atoms with Gasteiger partial charge in [0.05, 0.1) is 6.26 Å². The van der Waals surface area contributed by atoms with Crippen molar-refractivity contribution in [1.82, 2.24) is 9.62 Å². The molecule has 0 amide bonds. The van der Waals surface area contributed by atoms with Crippen molar-refractivity contribution >= 4 is 21.6 Å². The number of hydrogen-bond acceptors (Lipinski definition) is 3. The zero-order valence-electron chi connectivity index (χ0n) is 12.4. The second-order valence-electron chi connectivity index (χ2n) is 6.41. The second-order valence-corrected chi connectivity index (χ2v) is 9.01. The van der Waals surface area contributed by atoms with E-state index in [-0.39, 0.29) is 0 Å². The molecule has 4 nitrogen and oxygen atoms in total. The number of halogens is 1. The van der Waals surface area contributed by atoms with Crippen LogP contribution in [0.25, 0.3) is 0 Å². The van der Waals surface area contributed by atoms with Gasteiger partial charge in [-0.1, -0.05) is 0 Å². The maximum absolute atomic E-state index is 11.6. The minimum atomic E-state index is -3.02. The van der Waals surface area contributed by atoms with Crippen molar-refractivity contribution in [3.63, 3.8) is 0 Å². The minimum absolute atomic E-state index is 0.382. The number of piperidine rings is 1. The molecule has 1 N–H and O–H groups in total. The van der Waals surface area contributed by atoms with E-state index in [0.717, 1.165) is 44.7 Å². The molecule has 20 heavy (non-hydrogen) atoms. The molecule has 0 radical (unpaired) electrons. The molecule has 1 saturated heterocycles. The summed E-state index contributed by atoms with van der Waals surface area (Å²) in [6, 6.07) is 0. The van der Waals surface area contributed by atoms with Crippen molar-refractivity contribution in [2.75, 3.05) is 32.4 Å². The van der Waals surface area contributed by atoms with E-state index in [0.29, 0.717) is 24.4 Å². The summed E-state index contributed by atoms with van der Waals surface area (Å²) in [4.78, 5) is 0. The minimum Gasteiger partial charge on any atom is -0.316 e. The van der Waals surface area contributed by atoms with E-state index in [1.807, 2.05) is 0 Å². The first kappa shape index (κ1) is 16.5. The lowest BCUT2D eigenvalue weighted by atomic mass is 9.89. The molecular weight excluding hydrogens is 296 g/mol. The molecule has 1 heterocycles. The monoisotopic (exact) mass is 322 g/mol. The van der Waals surface area contributed by atoms with Gasteiger partial charge in [-0.2, -0.15) is 0 Å². The van der Waals surface area contributed by atoms with E-state index in [9.17, 15) is 8.42 Å². The van der Waals surface area contributed by atoms with Crippen molar-refractivity contribution in [2.24, 2.45) is 11.8 Å². The summed E-state index contributed by atoms with van der Waals surface area (Å²) in [6.07, 6.45) is 8.15. The molecule has 1 aliphatic heterocycles. The first-order valence-electron chi connectivity index (χ1n) is 7.75. The van der Waals surface area contributed by atoms with Crippen LogP contribution in [0, 0.1) is 11.8 Å². The van der Waals surface area contributed by atoms with Gasteiger partial charge in [0.25, 0.3) is 0 Å². The van der Waals surface area contributed by atoms with Gasteiger partial charge in [-0.15, -0.1) is 11.6 Å². The Morgan fingerprint density at radius 2 is 1.75 bits per heavy atom. The van der Waals surface area contributed by atoms with Crippen molar-refractivity contribution in [3.05, 3.63) is 0 Å². The Morgan fingerprint density at radius 3 is 2.40 bits per heavy atom. The molecule has 0 aromatic carbocycles. The second kappa shape index (κ2) is 7.43. The molecule has 0 aromatic rings. The predicted octanol–water partition coefficient (Wildman–Crippen LogP) is 2.05. The fourth-order valence-corrected chi connectivity index (χ4v) is 4.51. The number of nitrogens with zero attached hydrogens (tertiary/aromatic N) is 1. The maximum atomic E-state index is 11.6. The van der Waals surface area contributed by atoms with Gasteiger partial charge < -0.3 is 5.32 Å². The van der Waals surface area contributed by atoms with Crippen LogP contribution < -0.4 is 5.32 Å². The molecular formula is C14H27ClN2O2S. The lowest BCUT2D eigenvalue weighted by Crippen LogP contribution is -2.43. The largest absolute Gasteiger partial charge is 0.316 e. The molecule has 0 spiro atoms. The molecule has 1 aliphatic carbocycles. The highest BCUT2D eigenvalue weighted by atomic mass is 35.5. The molecule has 1 saturated carbocycles. The first-order valence-corrected chi connectivity index (χ1v) is 10.0. The summed E-state index contributed by atoms with van der Waals surface area (Å²) >= 11 is 6.11. The van der Waals surface area contributed by atoms with E-state index in [4.69, 9.17) is 11.6 Å². The molecule has 6 heteroatoms. The summed E-state index contributed by atoms with van der Waals surface area (Å²) in [5, 5.41) is 3.93. The lowest BCUT2D eigenvalue weighted by molar-refractivity contribution is 0.253. The molecule has 2 aliphatic rings. The highest BCUT2D eigenvalue weighted by molar-refractivity contribution is 7.88. The zero-order valence-corrected chi connectivity index (χ0v) is 13.9. The zero-order chi connectivity index (χ0) is 14.6. The summed E-state index contributed by atoms with van der Waals surface area (Å²) in [5.74, 6) is 1.21. The Hall–Kier alpha value is 0.160. The van der Waals surface area contributed by atoms with Gasteiger partial charge in [-0.05, 0) is 63.5 Å². The molecule has 1 unspecified atom stereocenters. The average Bonchev–Trinajstić information content (AvgIpc) is 2.40. The Labute approximate surface area is 128 Å². The Balaban J connectivity index is 1.66. The molecule has 0 aromatic heterocycles. The van der Waals surface area contributed by atoms with E-state index in [2.05, 4.69) is 5.32 Å². The van der Waals surface area contributed by atoms with Gasteiger partial charge in [0, 0.05) is 18.5 Å². The standard InChI is InChI=1S/C14H27ClN2O2S/c1-20(18,19)17-8-2-3-13(11-17)10-16-9-12-4-6-14(15)7-5-12/h12-14,16H,2-11H2,1H3. The SMILES string of the molecule is CS(=O)(=O)N1CCCC(CNCC2CCC(Cl)CC2)C1. The van der Waals surface area contributed by atoms with Crippen molar-refractivity contribution in [1.29, 1.82) is 0 Å². The predicted molar refractivity (Wildman–Crippen MR) is 83.6 cm³/mol. The Kier molecular flexibility index (Phi) is 6.14. The number of alkyl halides is 1. The summed E-state index contributed by atoms with van der Waals surface area (Å²) in [6.45, 7) is 3.36. The number of hydrogen-bond donors (Lipinski definition) is 1. The Morgan fingerprint density at radius 1 is 1.10 bits per heavy atom. The van der Waals surface area contributed by atoms with Crippen LogP contribution in [-0.4, -0.2) is 50.5 Å². The number of nitrogens with one attached hydrogen (secondary N) is 1. The third-order valence-corrected chi connectivity index (χ3v) is 6.30. The van der Waals surface area contributed by atoms with Crippen LogP contribution >= 0.6 is 11.6 Å². The molecule has 2 rings (SSSR count). The smallest absolute Gasteiger partial charge is 0.211 e. The van der Waals surface area contributed by atoms with Crippen LogP contribution in [-0.2, 0) is 10.0 Å². The normalized spacial score (nSPS) is 33.2. The van der Waals surface area contributed by atoms with E-state index >= 15 is 0 Å². The van der Waals surface area contributed by atoms with E-state index < -0.39 is 10.0 Å². The van der Waals surface area contributed by atoms with Crippen LogP contribution in [0.15, 0.2) is 0 Å². The van der Waals surface area contributed by atoms with E-state index in [1.165, 1.54) is 19.1 Å². The summed E-state index contributed by atoms with van der Waals surface area (Å²) in [5.41, 5.74) is 0. The highest BCUT2D eigenvalue weighted by Crippen LogP contribution is 2.27. The molecule has 0 bridgehead atoms. The van der Waals surface area contributed by atoms with Gasteiger partial charge in [0.2, 0.25) is 10.0 Å². The van der Waals surface area contributed by atoms with Crippen molar-refractivity contribution < 1.29 is 8.42 Å². The third kappa shape index (κ3) is 5.17. The van der Waals surface area contributed by atoms with Gasteiger partial charge in [-0.25, -0.2) is 12.7 Å². The maximum Gasteiger partial charge on any atom is 0.211 e. The van der Waals surface area contributed by atoms with Crippen LogP contribution in [0.1, 0.15) is 38.5 Å². The van der Waals surface area contributed by atoms with Gasteiger partial charge in [0.1, 0.15) is 0 Å². The summed E-state index contributed by atoms with van der Waals surface area (Å²) < 4.78 is 24.8. The molecule has 1 atom stereocenters. The van der Waals surface area contributed by atoms with Gasteiger partial charge in [-0.3, -0.25) is 0 Å². The first-order chi connectivity index (χ1) is 9.45. The average molecular weight is 323 g/mol. The molecule has 2 fully saturated rings. The summed E-state index contributed by atoms with van der Waals surface area (Å²) in [7, 11) is -3.02. The molecule has 118 valence electrons. The topological polar surface area (TPSA) is 49.4 Å². The van der Waals surface area contributed by atoms with Crippen molar-refractivity contribution in [2.45, 2.75) is 43.9 Å². The number of sulfonamides is 1. The lowest BCUT2D eigenvalue weighted by Gasteiger charge is -2.32. The quantitative estimate of drug-likeness (QED) is 0.788. The van der Waals surface area contributed by atoms with Crippen molar-refractivity contribution in [3.8, 4) is 0 Å². The van der Waals surface area contributed by atoms with Crippen LogP contribution in [0.2, 0.25) is 0 Å². The highest BCUT2D eigenvalue weighted by Gasteiger charge is 2.26. The fraction of sp³-hybridized carbons (Fsp3) is 1.00. The van der Waals surface area contributed by atoms with Crippen LogP contribution in [0.5, 0.6) is 0 Å². The van der Waals surface area contributed by atoms with Crippen LogP contribution in [0.3, 0.4) is 0 Å². The fourth-order valence-electron chi connectivity index (χ4n) is 3.31. The number of rotatable bonds is 5. The third-order valence-electron chi connectivity index (χ3n) is 4.59. The van der Waals surface area contributed by atoms with Crippen LogP contribution in [0.4, 0.5) is 0 Å².